The average Bonchev–Trinajstić information content (AvgIpc) is 3.27. The molecule has 2 fully saturated rings. The maximum Gasteiger partial charge on any atom is 0.193 e. The Morgan fingerprint density at radius 1 is 1.29 bits per heavy atom. The van der Waals surface area contributed by atoms with E-state index in [4.69, 9.17) is 4.99 Å². The van der Waals surface area contributed by atoms with E-state index in [0.717, 1.165) is 32.1 Å². The van der Waals surface area contributed by atoms with Crippen LogP contribution in [0.3, 0.4) is 0 Å². The van der Waals surface area contributed by atoms with Crippen molar-refractivity contribution in [1.82, 2.24) is 19.8 Å². The van der Waals surface area contributed by atoms with Gasteiger partial charge in [0.1, 0.15) is 0 Å². The number of piperidine rings is 1. The minimum absolute atomic E-state index is 0. The van der Waals surface area contributed by atoms with Gasteiger partial charge < -0.3 is 14.8 Å². The van der Waals surface area contributed by atoms with E-state index in [1.807, 2.05) is 12.5 Å². The number of hydrogen-bond acceptors (Lipinski definition) is 2. The smallest absolute Gasteiger partial charge is 0.193 e. The molecule has 2 aliphatic rings. The lowest BCUT2D eigenvalue weighted by Gasteiger charge is -2.39. The molecule has 0 bridgehead atoms. The number of hydrogen-bond donors (Lipinski definition) is 1. The SMILES string of the molecule is CCNC(=NCC1CC1c1ccccc1)N1CCC(C)C(n2ccnc2)C1.I. The van der Waals surface area contributed by atoms with Gasteiger partial charge in [-0.2, -0.15) is 0 Å². The number of benzene rings is 1. The normalized spacial score (nSPS) is 27.2. The molecule has 1 aliphatic carbocycles. The van der Waals surface area contributed by atoms with Crippen LogP contribution in [0, 0.1) is 11.8 Å². The molecule has 1 aromatic heterocycles. The molecule has 1 aromatic carbocycles. The second kappa shape index (κ2) is 9.76. The average molecular weight is 493 g/mol. The van der Waals surface area contributed by atoms with Crippen molar-refractivity contribution >= 4 is 29.9 Å². The highest BCUT2D eigenvalue weighted by molar-refractivity contribution is 14.0. The highest BCUT2D eigenvalue weighted by Gasteiger charge is 2.38. The Labute approximate surface area is 185 Å². The van der Waals surface area contributed by atoms with Crippen LogP contribution in [0.4, 0.5) is 0 Å². The minimum Gasteiger partial charge on any atom is -0.357 e. The van der Waals surface area contributed by atoms with Crippen LogP contribution in [0.15, 0.2) is 54.0 Å². The summed E-state index contributed by atoms with van der Waals surface area (Å²) >= 11 is 0. The lowest BCUT2D eigenvalue weighted by molar-refractivity contribution is 0.189. The summed E-state index contributed by atoms with van der Waals surface area (Å²) < 4.78 is 2.26. The zero-order valence-corrected chi connectivity index (χ0v) is 19.2. The van der Waals surface area contributed by atoms with Crippen LogP contribution in [-0.4, -0.2) is 46.6 Å². The lowest BCUT2D eigenvalue weighted by Crippen LogP contribution is -2.49. The molecule has 28 heavy (non-hydrogen) atoms. The second-order valence-electron chi connectivity index (χ2n) is 8.00. The molecule has 152 valence electrons. The van der Waals surface area contributed by atoms with E-state index >= 15 is 0 Å². The number of halogens is 1. The number of aromatic nitrogens is 2. The predicted octanol–water partition coefficient (Wildman–Crippen LogP) is 4.15. The summed E-state index contributed by atoms with van der Waals surface area (Å²) in [7, 11) is 0. The highest BCUT2D eigenvalue weighted by atomic mass is 127. The summed E-state index contributed by atoms with van der Waals surface area (Å²) in [5.41, 5.74) is 1.47. The number of rotatable bonds is 5. The summed E-state index contributed by atoms with van der Waals surface area (Å²) in [5.74, 6) is 3.12. The van der Waals surface area contributed by atoms with Gasteiger partial charge in [0.05, 0.1) is 12.4 Å². The molecule has 0 radical (unpaired) electrons. The van der Waals surface area contributed by atoms with Crippen molar-refractivity contribution in [3.05, 3.63) is 54.6 Å². The summed E-state index contributed by atoms with van der Waals surface area (Å²) in [6, 6.07) is 11.3. The Balaban J connectivity index is 0.00000225. The van der Waals surface area contributed by atoms with Gasteiger partial charge in [0.2, 0.25) is 0 Å². The number of nitrogens with zero attached hydrogens (tertiary/aromatic N) is 4. The van der Waals surface area contributed by atoms with Gasteiger partial charge in [-0.15, -0.1) is 24.0 Å². The van der Waals surface area contributed by atoms with Crippen LogP contribution in [0.2, 0.25) is 0 Å². The molecule has 4 unspecified atom stereocenters. The first-order valence-electron chi connectivity index (χ1n) is 10.3. The Morgan fingerprint density at radius 3 is 2.82 bits per heavy atom. The summed E-state index contributed by atoms with van der Waals surface area (Å²) in [6.07, 6.45) is 8.36. The van der Waals surface area contributed by atoms with Gasteiger partial charge in [0.15, 0.2) is 5.96 Å². The molecule has 5 nitrogen and oxygen atoms in total. The van der Waals surface area contributed by atoms with E-state index in [9.17, 15) is 0 Å². The topological polar surface area (TPSA) is 45.5 Å². The van der Waals surface area contributed by atoms with Crippen LogP contribution in [0.25, 0.3) is 0 Å². The Hall–Kier alpha value is -1.57. The van der Waals surface area contributed by atoms with E-state index in [1.54, 1.807) is 0 Å². The first-order chi connectivity index (χ1) is 13.3. The Morgan fingerprint density at radius 2 is 2.11 bits per heavy atom. The van der Waals surface area contributed by atoms with Crippen LogP contribution >= 0.6 is 24.0 Å². The van der Waals surface area contributed by atoms with Crippen molar-refractivity contribution in [2.24, 2.45) is 16.8 Å². The van der Waals surface area contributed by atoms with Crippen LogP contribution in [0.5, 0.6) is 0 Å². The minimum atomic E-state index is 0. The van der Waals surface area contributed by atoms with Crippen LogP contribution in [-0.2, 0) is 0 Å². The van der Waals surface area contributed by atoms with Crippen molar-refractivity contribution in [3.63, 3.8) is 0 Å². The van der Waals surface area contributed by atoms with Gasteiger partial charge in [0, 0.05) is 38.6 Å². The van der Waals surface area contributed by atoms with Gasteiger partial charge >= 0.3 is 0 Å². The molecule has 6 heteroatoms. The Bertz CT molecular complexity index is 746. The van der Waals surface area contributed by atoms with Crippen molar-refractivity contribution < 1.29 is 0 Å². The molecule has 1 aliphatic heterocycles. The van der Waals surface area contributed by atoms with Crippen molar-refractivity contribution in [3.8, 4) is 0 Å². The first kappa shape index (κ1) is 21.1. The predicted molar refractivity (Wildman–Crippen MR) is 125 cm³/mol. The third kappa shape index (κ3) is 4.88. The monoisotopic (exact) mass is 493 g/mol. The van der Waals surface area contributed by atoms with E-state index in [2.05, 4.69) is 70.1 Å². The largest absolute Gasteiger partial charge is 0.357 e. The number of imidazole rings is 1. The summed E-state index contributed by atoms with van der Waals surface area (Å²) in [6.45, 7) is 8.40. The lowest BCUT2D eigenvalue weighted by atomic mass is 9.93. The van der Waals surface area contributed by atoms with E-state index in [1.165, 1.54) is 18.4 Å². The number of likely N-dealkylation sites (tertiary alicyclic amines) is 1. The van der Waals surface area contributed by atoms with Crippen molar-refractivity contribution in [2.45, 2.75) is 38.6 Å². The molecular formula is C22H32IN5. The first-order valence-corrected chi connectivity index (χ1v) is 10.3. The highest BCUT2D eigenvalue weighted by Crippen LogP contribution is 2.47. The molecule has 2 heterocycles. The molecular weight excluding hydrogens is 461 g/mol. The fourth-order valence-electron chi connectivity index (χ4n) is 4.28. The number of guanidine groups is 1. The molecule has 1 saturated heterocycles. The van der Waals surface area contributed by atoms with E-state index < -0.39 is 0 Å². The standard InChI is InChI=1S/C22H31N5.HI/c1-3-24-22(25-14-19-13-20(19)18-7-5-4-6-8-18)26-11-9-17(2)21(15-26)27-12-10-23-16-27;/h4-8,10,12,16-17,19-21H,3,9,11,13-15H2,1-2H3,(H,24,25);1H. The van der Waals surface area contributed by atoms with Crippen LogP contribution < -0.4 is 5.32 Å². The molecule has 4 atom stereocenters. The molecule has 4 rings (SSSR count). The number of aliphatic imine (C=N–C) groups is 1. The molecule has 1 saturated carbocycles. The quantitative estimate of drug-likeness (QED) is 0.387. The van der Waals surface area contributed by atoms with Crippen LogP contribution in [0.1, 0.15) is 44.2 Å². The van der Waals surface area contributed by atoms with Crippen molar-refractivity contribution in [2.75, 3.05) is 26.2 Å². The maximum atomic E-state index is 5.02. The number of nitrogens with one attached hydrogen (secondary N) is 1. The fraction of sp³-hybridized carbons (Fsp3) is 0.545. The Kier molecular flexibility index (Phi) is 7.37. The van der Waals surface area contributed by atoms with E-state index in [0.29, 0.717) is 23.8 Å². The zero-order valence-electron chi connectivity index (χ0n) is 16.9. The third-order valence-corrected chi connectivity index (χ3v) is 6.09. The van der Waals surface area contributed by atoms with Gasteiger partial charge in [-0.3, -0.25) is 4.99 Å². The van der Waals surface area contributed by atoms with Crippen molar-refractivity contribution in [1.29, 1.82) is 0 Å². The second-order valence-corrected chi connectivity index (χ2v) is 8.00. The van der Waals surface area contributed by atoms with Gasteiger partial charge in [-0.25, -0.2) is 4.98 Å². The maximum absolute atomic E-state index is 5.02. The molecule has 1 N–H and O–H groups in total. The zero-order chi connectivity index (χ0) is 18.6. The van der Waals surface area contributed by atoms with E-state index in [-0.39, 0.29) is 24.0 Å². The molecule has 0 amide bonds. The van der Waals surface area contributed by atoms with Gasteiger partial charge in [-0.05, 0) is 43.1 Å². The molecule has 0 spiro atoms. The van der Waals surface area contributed by atoms with Gasteiger partial charge in [-0.1, -0.05) is 37.3 Å². The third-order valence-electron chi connectivity index (χ3n) is 6.09. The molecule has 2 aromatic rings. The summed E-state index contributed by atoms with van der Waals surface area (Å²) in [5, 5.41) is 3.52. The summed E-state index contributed by atoms with van der Waals surface area (Å²) in [4.78, 5) is 11.7. The van der Waals surface area contributed by atoms with Gasteiger partial charge in [0.25, 0.3) is 0 Å². The fourth-order valence-corrected chi connectivity index (χ4v) is 4.28.